The summed E-state index contributed by atoms with van der Waals surface area (Å²) in [4.78, 5) is 5.73. The highest BCUT2D eigenvalue weighted by atomic mass is 32.1. The molecular formula is C16H14N2O2S2. The Kier molecular flexibility index (Phi) is 4.59. The Bertz CT molecular complexity index is 843. The van der Waals surface area contributed by atoms with Crippen LogP contribution in [0.5, 0.6) is 5.75 Å². The van der Waals surface area contributed by atoms with Crippen molar-refractivity contribution in [2.75, 3.05) is 19.0 Å². The van der Waals surface area contributed by atoms with E-state index in [1.165, 1.54) is 4.88 Å². The summed E-state index contributed by atoms with van der Waals surface area (Å²) in [6.45, 7) is 0.598. The minimum Gasteiger partial charge on any atom is -0.497 e. The fraction of sp³-hybridized carbons (Fsp3) is 0.188. The van der Waals surface area contributed by atoms with Gasteiger partial charge in [0.15, 0.2) is 5.13 Å². The van der Waals surface area contributed by atoms with Crippen LogP contribution >= 0.6 is 22.7 Å². The number of fused-ring (bicyclic) bond motifs is 1. The van der Waals surface area contributed by atoms with Gasteiger partial charge in [0.25, 0.3) is 0 Å². The number of nitrogens with zero attached hydrogens (tertiary/aromatic N) is 1. The van der Waals surface area contributed by atoms with Crippen LogP contribution in [0.4, 0.5) is 5.13 Å². The number of anilines is 1. The van der Waals surface area contributed by atoms with E-state index >= 15 is 0 Å². The third-order valence-electron chi connectivity index (χ3n) is 2.97. The van der Waals surface area contributed by atoms with Crippen LogP contribution < -0.4 is 10.1 Å². The number of thiophene rings is 1. The summed E-state index contributed by atoms with van der Waals surface area (Å²) >= 11 is 3.25. The zero-order chi connectivity index (χ0) is 15.4. The predicted molar refractivity (Wildman–Crippen MR) is 91.8 cm³/mol. The number of thiazole rings is 1. The standard InChI is InChI=1S/C16H14N2O2S2/c1-20-12-4-5-14-15(8-12)22-16(18-14)17-9-13-7-11(10-21-13)3-2-6-19/h4-5,7-8,10,19H,6,9H2,1H3,(H,17,18). The highest BCUT2D eigenvalue weighted by molar-refractivity contribution is 7.22. The lowest BCUT2D eigenvalue weighted by molar-refractivity contribution is 0.350. The number of benzene rings is 1. The van der Waals surface area contributed by atoms with E-state index in [9.17, 15) is 0 Å². The molecule has 0 saturated carbocycles. The molecule has 22 heavy (non-hydrogen) atoms. The van der Waals surface area contributed by atoms with Crippen molar-refractivity contribution in [2.45, 2.75) is 6.54 Å². The van der Waals surface area contributed by atoms with Gasteiger partial charge in [-0.25, -0.2) is 4.98 Å². The second-order valence-electron chi connectivity index (χ2n) is 4.47. The van der Waals surface area contributed by atoms with Gasteiger partial charge >= 0.3 is 0 Å². The molecule has 112 valence electrons. The highest BCUT2D eigenvalue weighted by Crippen LogP contribution is 2.29. The number of hydrogen-bond donors (Lipinski definition) is 2. The molecule has 0 saturated heterocycles. The molecule has 0 aliphatic carbocycles. The number of aliphatic hydroxyl groups excluding tert-OH is 1. The molecule has 4 nitrogen and oxygen atoms in total. The first kappa shape index (κ1) is 14.9. The maximum absolute atomic E-state index is 8.69. The lowest BCUT2D eigenvalue weighted by Gasteiger charge is -1.98. The van der Waals surface area contributed by atoms with E-state index < -0.39 is 0 Å². The summed E-state index contributed by atoms with van der Waals surface area (Å²) in [6.07, 6.45) is 0. The van der Waals surface area contributed by atoms with Gasteiger partial charge in [0.1, 0.15) is 12.4 Å². The summed E-state index contributed by atoms with van der Waals surface area (Å²) in [5.74, 6) is 6.39. The Morgan fingerprint density at radius 3 is 3.09 bits per heavy atom. The van der Waals surface area contributed by atoms with E-state index in [-0.39, 0.29) is 6.61 Å². The molecule has 0 fully saturated rings. The Morgan fingerprint density at radius 2 is 2.27 bits per heavy atom. The van der Waals surface area contributed by atoms with Crippen molar-refractivity contribution in [3.8, 4) is 17.6 Å². The second kappa shape index (κ2) is 6.79. The number of aliphatic hydroxyl groups is 1. The third kappa shape index (κ3) is 3.39. The van der Waals surface area contributed by atoms with Crippen LogP contribution in [0.1, 0.15) is 10.4 Å². The molecule has 0 aliphatic heterocycles. The Hall–Kier alpha value is -2.07. The summed E-state index contributed by atoms with van der Waals surface area (Å²) in [5, 5.41) is 14.9. The largest absolute Gasteiger partial charge is 0.497 e. The number of aromatic nitrogens is 1. The van der Waals surface area contributed by atoms with Crippen LogP contribution in [0, 0.1) is 11.8 Å². The van der Waals surface area contributed by atoms with Gasteiger partial charge in [0, 0.05) is 15.8 Å². The zero-order valence-corrected chi connectivity index (χ0v) is 13.6. The summed E-state index contributed by atoms with van der Waals surface area (Å²) in [6, 6.07) is 7.89. The summed E-state index contributed by atoms with van der Waals surface area (Å²) < 4.78 is 6.32. The average Bonchev–Trinajstić information content (AvgIpc) is 3.16. The van der Waals surface area contributed by atoms with Crippen molar-refractivity contribution < 1.29 is 9.84 Å². The van der Waals surface area contributed by atoms with E-state index in [0.717, 1.165) is 26.7 Å². The number of rotatable bonds is 4. The molecule has 1 aromatic carbocycles. The van der Waals surface area contributed by atoms with Gasteiger partial charge in [-0.2, -0.15) is 0 Å². The van der Waals surface area contributed by atoms with E-state index in [1.54, 1.807) is 29.8 Å². The molecule has 0 aliphatic rings. The smallest absolute Gasteiger partial charge is 0.184 e. The van der Waals surface area contributed by atoms with Crippen LogP contribution in [0.3, 0.4) is 0 Å². The first-order valence-electron chi connectivity index (χ1n) is 6.64. The van der Waals surface area contributed by atoms with Gasteiger partial charge in [-0.05, 0) is 24.3 Å². The number of nitrogens with one attached hydrogen (secondary N) is 1. The van der Waals surface area contributed by atoms with Crippen molar-refractivity contribution in [2.24, 2.45) is 0 Å². The van der Waals surface area contributed by atoms with Gasteiger partial charge in [-0.1, -0.05) is 23.2 Å². The minimum absolute atomic E-state index is 0.113. The number of methoxy groups -OCH3 is 1. The summed E-state index contributed by atoms with van der Waals surface area (Å²) in [7, 11) is 1.66. The fourth-order valence-electron chi connectivity index (χ4n) is 1.95. The molecule has 6 heteroatoms. The van der Waals surface area contributed by atoms with Gasteiger partial charge in [0.05, 0.1) is 23.9 Å². The lowest BCUT2D eigenvalue weighted by atomic mass is 10.3. The van der Waals surface area contributed by atoms with E-state index in [2.05, 4.69) is 22.1 Å². The predicted octanol–water partition coefficient (Wildman–Crippen LogP) is 3.32. The minimum atomic E-state index is -0.113. The van der Waals surface area contributed by atoms with Crippen molar-refractivity contribution >= 4 is 38.0 Å². The Labute approximate surface area is 136 Å². The normalized spacial score (nSPS) is 10.3. The highest BCUT2D eigenvalue weighted by Gasteiger charge is 2.05. The first-order chi connectivity index (χ1) is 10.8. The maximum atomic E-state index is 8.69. The van der Waals surface area contributed by atoms with Crippen molar-refractivity contribution in [1.29, 1.82) is 0 Å². The Balaban J connectivity index is 1.69. The van der Waals surface area contributed by atoms with E-state index in [0.29, 0.717) is 6.54 Å². The molecule has 2 aromatic heterocycles. The molecule has 0 unspecified atom stereocenters. The molecule has 3 rings (SSSR count). The van der Waals surface area contributed by atoms with Gasteiger partial charge < -0.3 is 15.2 Å². The molecule has 2 heterocycles. The third-order valence-corrected chi connectivity index (χ3v) is 4.89. The molecule has 0 radical (unpaired) electrons. The van der Waals surface area contributed by atoms with Gasteiger partial charge in [-0.15, -0.1) is 11.3 Å². The Morgan fingerprint density at radius 1 is 1.36 bits per heavy atom. The SMILES string of the molecule is COc1ccc2nc(NCc3cc(C#CCO)cs3)sc2c1. The van der Waals surface area contributed by atoms with Gasteiger partial charge in [0.2, 0.25) is 0 Å². The molecule has 0 atom stereocenters. The van der Waals surface area contributed by atoms with Gasteiger partial charge in [-0.3, -0.25) is 0 Å². The monoisotopic (exact) mass is 330 g/mol. The van der Waals surface area contributed by atoms with Crippen molar-refractivity contribution in [3.63, 3.8) is 0 Å². The van der Waals surface area contributed by atoms with Crippen LogP contribution in [-0.4, -0.2) is 23.8 Å². The van der Waals surface area contributed by atoms with Crippen LogP contribution in [0.2, 0.25) is 0 Å². The van der Waals surface area contributed by atoms with Crippen LogP contribution in [-0.2, 0) is 6.54 Å². The maximum Gasteiger partial charge on any atom is 0.184 e. The number of ether oxygens (including phenoxy) is 1. The molecule has 0 spiro atoms. The number of hydrogen-bond acceptors (Lipinski definition) is 6. The fourth-order valence-corrected chi connectivity index (χ4v) is 3.60. The summed E-state index contributed by atoms with van der Waals surface area (Å²) in [5.41, 5.74) is 1.90. The lowest BCUT2D eigenvalue weighted by Crippen LogP contribution is -1.96. The molecular weight excluding hydrogens is 316 g/mol. The first-order valence-corrected chi connectivity index (χ1v) is 8.33. The molecule has 0 amide bonds. The molecule has 3 aromatic rings. The molecule has 2 N–H and O–H groups in total. The van der Waals surface area contributed by atoms with Crippen LogP contribution in [0.25, 0.3) is 10.2 Å². The van der Waals surface area contributed by atoms with E-state index in [4.69, 9.17) is 9.84 Å². The van der Waals surface area contributed by atoms with Crippen molar-refractivity contribution in [1.82, 2.24) is 4.98 Å². The zero-order valence-electron chi connectivity index (χ0n) is 11.9. The van der Waals surface area contributed by atoms with Crippen LogP contribution in [0.15, 0.2) is 29.6 Å². The topological polar surface area (TPSA) is 54.4 Å². The quantitative estimate of drug-likeness (QED) is 0.721. The van der Waals surface area contributed by atoms with Crippen molar-refractivity contribution in [3.05, 3.63) is 40.1 Å². The van der Waals surface area contributed by atoms with E-state index in [1.807, 2.05) is 29.6 Å². The molecule has 0 bridgehead atoms. The average molecular weight is 330 g/mol. The second-order valence-corrected chi connectivity index (χ2v) is 6.49.